The molecule has 0 unspecified atom stereocenters. The highest BCUT2D eigenvalue weighted by Crippen LogP contribution is 2.50. The van der Waals surface area contributed by atoms with Crippen molar-refractivity contribution in [3.8, 4) is 5.75 Å². The number of hydrogen-bond acceptors (Lipinski definition) is 3. The molecule has 1 heterocycles. The van der Waals surface area contributed by atoms with E-state index in [1.165, 1.54) is 22.4 Å². The number of aliphatic imine (C=N–C) groups is 1. The quantitative estimate of drug-likeness (QED) is 0.400. The molecule has 1 aliphatic carbocycles. The van der Waals surface area contributed by atoms with Crippen LogP contribution in [-0.4, -0.2) is 13.3 Å². The van der Waals surface area contributed by atoms with Crippen LogP contribution in [0.3, 0.4) is 0 Å². The molecule has 30 heavy (non-hydrogen) atoms. The maximum absolute atomic E-state index is 5.21. The first-order valence-corrected chi connectivity index (χ1v) is 10.5. The van der Waals surface area contributed by atoms with Gasteiger partial charge < -0.3 is 10.1 Å². The van der Waals surface area contributed by atoms with Crippen molar-refractivity contribution in [2.24, 2.45) is 10.9 Å². The van der Waals surface area contributed by atoms with Gasteiger partial charge in [0.15, 0.2) is 0 Å². The number of anilines is 1. The van der Waals surface area contributed by atoms with Crippen molar-refractivity contribution in [2.45, 2.75) is 25.3 Å². The molecule has 5 rings (SSSR count). The Morgan fingerprint density at radius 1 is 1.00 bits per heavy atom. The first-order valence-electron chi connectivity index (χ1n) is 10.5. The smallest absolute Gasteiger partial charge is 0.118 e. The zero-order valence-corrected chi connectivity index (χ0v) is 17.4. The average Bonchev–Trinajstić information content (AvgIpc) is 3.28. The van der Waals surface area contributed by atoms with E-state index in [4.69, 9.17) is 4.74 Å². The SMILES string of the molecule is COc1ccc(C=Nc2ccc([C@@H]3Nc4ccc(C)cc4[C@@H]4C=CC[C@H]43)cc2)cc1. The molecule has 1 aliphatic heterocycles. The molecule has 0 saturated carbocycles. The topological polar surface area (TPSA) is 33.6 Å². The Kier molecular flexibility index (Phi) is 4.88. The molecule has 0 radical (unpaired) electrons. The van der Waals surface area contributed by atoms with Gasteiger partial charge in [-0.1, -0.05) is 42.0 Å². The summed E-state index contributed by atoms with van der Waals surface area (Å²) in [5, 5.41) is 3.81. The molecule has 2 aliphatic rings. The van der Waals surface area contributed by atoms with Gasteiger partial charge in [0.1, 0.15) is 5.75 Å². The van der Waals surface area contributed by atoms with E-state index in [-0.39, 0.29) is 0 Å². The van der Waals surface area contributed by atoms with Crippen molar-refractivity contribution in [1.29, 1.82) is 0 Å². The number of benzene rings is 3. The van der Waals surface area contributed by atoms with Gasteiger partial charge in [-0.2, -0.15) is 0 Å². The van der Waals surface area contributed by atoms with Crippen LogP contribution in [0.15, 0.2) is 83.9 Å². The van der Waals surface area contributed by atoms with Crippen LogP contribution >= 0.6 is 0 Å². The van der Waals surface area contributed by atoms with Crippen LogP contribution in [0.4, 0.5) is 11.4 Å². The third kappa shape index (κ3) is 3.52. The maximum Gasteiger partial charge on any atom is 0.118 e. The summed E-state index contributed by atoms with van der Waals surface area (Å²) in [4.78, 5) is 4.63. The first-order chi connectivity index (χ1) is 14.7. The lowest BCUT2D eigenvalue weighted by molar-refractivity contribution is 0.415. The fourth-order valence-corrected chi connectivity index (χ4v) is 4.65. The van der Waals surface area contributed by atoms with Gasteiger partial charge in [-0.25, -0.2) is 0 Å². The third-order valence-corrected chi connectivity index (χ3v) is 6.25. The molecule has 1 N–H and O–H groups in total. The minimum atomic E-state index is 0.319. The van der Waals surface area contributed by atoms with Crippen LogP contribution in [0, 0.1) is 12.8 Å². The highest BCUT2D eigenvalue weighted by Gasteiger charge is 2.37. The number of rotatable bonds is 4. The van der Waals surface area contributed by atoms with E-state index in [9.17, 15) is 0 Å². The Bertz CT molecular complexity index is 1100. The molecule has 3 aromatic rings. The predicted molar refractivity (Wildman–Crippen MR) is 124 cm³/mol. The molecular weight excluding hydrogens is 368 g/mol. The number of nitrogens with zero attached hydrogens (tertiary/aromatic N) is 1. The second-order valence-corrected chi connectivity index (χ2v) is 8.19. The zero-order valence-electron chi connectivity index (χ0n) is 17.4. The third-order valence-electron chi connectivity index (χ3n) is 6.25. The van der Waals surface area contributed by atoms with Crippen molar-refractivity contribution in [2.75, 3.05) is 12.4 Å². The van der Waals surface area contributed by atoms with Crippen LogP contribution < -0.4 is 10.1 Å². The molecule has 150 valence electrons. The van der Waals surface area contributed by atoms with E-state index >= 15 is 0 Å². The van der Waals surface area contributed by atoms with E-state index in [1.54, 1.807) is 7.11 Å². The summed E-state index contributed by atoms with van der Waals surface area (Å²) in [5.41, 5.74) is 7.37. The van der Waals surface area contributed by atoms with Crippen LogP contribution in [0.5, 0.6) is 5.75 Å². The molecule has 0 amide bonds. The maximum atomic E-state index is 5.21. The first kappa shape index (κ1) is 18.7. The largest absolute Gasteiger partial charge is 0.497 e. The number of nitrogens with one attached hydrogen (secondary N) is 1. The Balaban J connectivity index is 1.36. The van der Waals surface area contributed by atoms with Gasteiger partial charge in [0.05, 0.1) is 18.8 Å². The molecule has 3 heteroatoms. The minimum Gasteiger partial charge on any atom is -0.497 e. The van der Waals surface area contributed by atoms with Gasteiger partial charge in [-0.15, -0.1) is 0 Å². The summed E-state index contributed by atoms with van der Waals surface area (Å²) in [6.45, 7) is 2.17. The standard InChI is InChI=1S/C27H26N2O/c1-18-6-15-26-25(16-18)23-4-3-5-24(23)27(29-26)20-9-11-21(12-10-20)28-17-19-7-13-22(30-2)14-8-19/h3-4,6-17,23-24,27,29H,5H2,1-2H3/t23-,24-,27+/m1/s1. The number of methoxy groups -OCH3 is 1. The zero-order chi connectivity index (χ0) is 20.5. The Labute approximate surface area is 178 Å². The summed E-state index contributed by atoms with van der Waals surface area (Å²) >= 11 is 0. The van der Waals surface area contributed by atoms with Crippen LogP contribution in [0.1, 0.15) is 40.6 Å². The van der Waals surface area contributed by atoms with Gasteiger partial charge in [-0.3, -0.25) is 4.99 Å². The molecule has 0 fully saturated rings. The second-order valence-electron chi connectivity index (χ2n) is 8.19. The fourth-order valence-electron chi connectivity index (χ4n) is 4.65. The van der Waals surface area contributed by atoms with E-state index in [0.717, 1.165) is 23.4 Å². The summed E-state index contributed by atoms with van der Waals surface area (Å²) < 4.78 is 5.21. The van der Waals surface area contributed by atoms with E-state index < -0.39 is 0 Å². The van der Waals surface area contributed by atoms with Gasteiger partial charge in [0.25, 0.3) is 0 Å². The molecule has 0 bridgehead atoms. The number of fused-ring (bicyclic) bond motifs is 3. The molecule has 3 nitrogen and oxygen atoms in total. The van der Waals surface area contributed by atoms with Gasteiger partial charge >= 0.3 is 0 Å². The molecule has 0 saturated heterocycles. The molecule has 3 atom stereocenters. The minimum absolute atomic E-state index is 0.319. The van der Waals surface area contributed by atoms with Crippen molar-refractivity contribution >= 4 is 17.6 Å². The average molecular weight is 395 g/mol. The Hall–Kier alpha value is -3.33. The van der Waals surface area contributed by atoms with E-state index in [1.807, 2.05) is 30.5 Å². The van der Waals surface area contributed by atoms with E-state index in [2.05, 4.69) is 71.8 Å². The van der Waals surface area contributed by atoms with Crippen molar-refractivity contribution in [1.82, 2.24) is 0 Å². The number of aryl methyl sites for hydroxylation is 1. The van der Waals surface area contributed by atoms with Gasteiger partial charge in [0, 0.05) is 17.8 Å². The summed E-state index contributed by atoms with van der Waals surface area (Å²) in [6, 6.07) is 23.6. The molecule has 0 spiro atoms. The van der Waals surface area contributed by atoms with Crippen LogP contribution in [-0.2, 0) is 0 Å². The lowest BCUT2D eigenvalue weighted by atomic mass is 9.76. The van der Waals surface area contributed by atoms with Crippen LogP contribution in [0.2, 0.25) is 0 Å². The van der Waals surface area contributed by atoms with Crippen molar-refractivity contribution in [3.05, 3.63) is 101 Å². The lowest BCUT2D eigenvalue weighted by Gasteiger charge is -2.37. The van der Waals surface area contributed by atoms with E-state index in [0.29, 0.717) is 17.9 Å². The monoisotopic (exact) mass is 394 g/mol. The highest BCUT2D eigenvalue weighted by atomic mass is 16.5. The second kappa shape index (κ2) is 7.83. The predicted octanol–water partition coefficient (Wildman–Crippen LogP) is 6.58. The van der Waals surface area contributed by atoms with Gasteiger partial charge in [-0.05, 0) is 78.4 Å². The van der Waals surface area contributed by atoms with Crippen molar-refractivity contribution < 1.29 is 4.74 Å². The summed E-state index contributed by atoms with van der Waals surface area (Å²) in [6.07, 6.45) is 7.75. The molecule has 0 aromatic heterocycles. The number of allylic oxidation sites excluding steroid dienone is 2. The summed E-state index contributed by atoms with van der Waals surface area (Å²) in [5.74, 6) is 1.92. The fraction of sp³-hybridized carbons (Fsp3) is 0.222. The highest BCUT2D eigenvalue weighted by molar-refractivity contribution is 5.82. The van der Waals surface area contributed by atoms with Crippen LogP contribution in [0.25, 0.3) is 0 Å². The number of ether oxygens (including phenoxy) is 1. The normalized spacial score (nSPS) is 21.9. The molecule has 3 aromatic carbocycles. The van der Waals surface area contributed by atoms with Crippen molar-refractivity contribution in [3.63, 3.8) is 0 Å². The lowest BCUT2D eigenvalue weighted by Crippen LogP contribution is -2.29. The molecular formula is C27H26N2O. The van der Waals surface area contributed by atoms with Gasteiger partial charge in [0.2, 0.25) is 0 Å². The Morgan fingerprint density at radius 3 is 2.57 bits per heavy atom. The summed E-state index contributed by atoms with van der Waals surface area (Å²) in [7, 11) is 1.68. The number of hydrogen-bond donors (Lipinski definition) is 1. The Morgan fingerprint density at radius 2 is 1.80 bits per heavy atom.